The van der Waals surface area contributed by atoms with E-state index in [1.807, 2.05) is 30.3 Å². The number of nitrogens with zero attached hydrogens (tertiary/aromatic N) is 1. The lowest BCUT2D eigenvalue weighted by Crippen LogP contribution is -2.35. The van der Waals surface area contributed by atoms with Crippen molar-refractivity contribution in [3.8, 4) is 11.3 Å². The van der Waals surface area contributed by atoms with Crippen molar-refractivity contribution in [1.82, 2.24) is 5.16 Å². The number of aliphatic hydroxyl groups excluding tert-OH is 2. The van der Waals surface area contributed by atoms with Crippen LogP contribution in [0.15, 0.2) is 34.9 Å². The van der Waals surface area contributed by atoms with Crippen molar-refractivity contribution >= 4 is 0 Å². The highest BCUT2D eigenvalue weighted by molar-refractivity contribution is 5.62. The van der Waals surface area contributed by atoms with Crippen molar-refractivity contribution in [2.24, 2.45) is 0 Å². The molecule has 6 heteroatoms. The van der Waals surface area contributed by atoms with E-state index in [-0.39, 0.29) is 6.61 Å². The topological polar surface area (TPSA) is 85.0 Å². The number of aromatic nitrogens is 1. The van der Waals surface area contributed by atoms with Gasteiger partial charge in [0.25, 0.3) is 0 Å². The van der Waals surface area contributed by atoms with Crippen molar-refractivity contribution in [3.05, 3.63) is 41.6 Å². The Kier molecular flexibility index (Phi) is 4.25. The first kappa shape index (κ1) is 16.1. The van der Waals surface area contributed by atoms with Crippen LogP contribution < -0.4 is 0 Å². The summed E-state index contributed by atoms with van der Waals surface area (Å²) < 4.78 is 16.4. The number of benzene rings is 1. The molecule has 0 saturated carbocycles. The second-order valence-corrected chi connectivity index (χ2v) is 6.18. The Bertz CT molecular complexity index is 667. The van der Waals surface area contributed by atoms with Crippen LogP contribution in [0.5, 0.6) is 0 Å². The fourth-order valence-electron chi connectivity index (χ4n) is 2.78. The van der Waals surface area contributed by atoms with Crippen LogP contribution in [0.4, 0.5) is 0 Å². The van der Waals surface area contributed by atoms with Gasteiger partial charge in [-0.3, -0.25) is 0 Å². The summed E-state index contributed by atoms with van der Waals surface area (Å²) in [5.74, 6) is -0.315. The minimum atomic E-state index is -1.18. The average Bonchev–Trinajstić information content (AvgIpc) is 3.09. The van der Waals surface area contributed by atoms with Gasteiger partial charge in [0.05, 0.1) is 17.9 Å². The van der Waals surface area contributed by atoms with Gasteiger partial charge in [-0.1, -0.05) is 35.5 Å². The van der Waals surface area contributed by atoms with Crippen molar-refractivity contribution in [3.63, 3.8) is 0 Å². The van der Waals surface area contributed by atoms with E-state index < -0.39 is 24.1 Å². The van der Waals surface area contributed by atoms with Gasteiger partial charge in [-0.15, -0.1) is 0 Å². The summed E-state index contributed by atoms with van der Waals surface area (Å²) >= 11 is 0. The predicted octanol–water partition coefficient (Wildman–Crippen LogP) is 2.20. The fraction of sp³-hybridized carbons (Fsp3) is 0.471. The molecule has 124 valence electrons. The molecule has 23 heavy (non-hydrogen) atoms. The Morgan fingerprint density at radius 3 is 2.52 bits per heavy atom. The molecule has 1 aliphatic rings. The second-order valence-electron chi connectivity index (χ2n) is 6.18. The molecule has 1 aromatic carbocycles. The third kappa shape index (κ3) is 3.16. The quantitative estimate of drug-likeness (QED) is 0.898. The fourth-order valence-corrected chi connectivity index (χ4v) is 2.78. The Morgan fingerprint density at radius 2 is 1.91 bits per heavy atom. The number of hydrogen-bond donors (Lipinski definition) is 2. The van der Waals surface area contributed by atoms with E-state index in [0.717, 1.165) is 5.56 Å². The molecule has 3 rings (SSSR count). The first-order chi connectivity index (χ1) is 10.9. The summed E-state index contributed by atoms with van der Waals surface area (Å²) in [5.41, 5.74) is 1.80. The van der Waals surface area contributed by atoms with Crippen LogP contribution in [0.25, 0.3) is 11.3 Å². The molecule has 0 unspecified atom stereocenters. The van der Waals surface area contributed by atoms with Crippen LogP contribution in [-0.2, 0) is 9.47 Å². The summed E-state index contributed by atoms with van der Waals surface area (Å²) in [4.78, 5) is 0. The number of hydrogen-bond acceptors (Lipinski definition) is 6. The number of rotatable bonds is 4. The average molecular weight is 319 g/mol. The van der Waals surface area contributed by atoms with Crippen LogP contribution >= 0.6 is 0 Å². The van der Waals surface area contributed by atoms with Gasteiger partial charge in [0.1, 0.15) is 18.3 Å². The Morgan fingerprint density at radius 1 is 1.22 bits per heavy atom. The number of aliphatic hydroxyl groups is 2. The summed E-state index contributed by atoms with van der Waals surface area (Å²) in [6, 6.07) is 9.36. The molecular weight excluding hydrogens is 298 g/mol. The van der Waals surface area contributed by atoms with E-state index in [1.165, 1.54) is 0 Å². The zero-order valence-electron chi connectivity index (χ0n) is 13.4. The maximum absolute atomic E-state index is 10.6. The lowest BCUT2D eigenvalue weighted by molar-refractivity contribution is -0.160. The molecule has 1 aliphatic heterocycles. The molecule has 0 spiro atoms. The molecule has 0 aliphatic carbocycles. The Labute approximate surface area is 134 Å². The van der Waals surface area contributed by atoms with E-state index in [1.54, 1.807) is 20.8 Å². The molecular formula is C17H21NO5. The zero-order valence-corrected chi connectivity index (χ0v) is 13.4. The third-order valence-electron chi connectivity index (χ3n) is 3.97. The van der Waals surface area contributed by atoms with Crippen LogP contribution in [0.1, 0.15) is 31.2 Å². The maximum atomic E-state index is 10.6. The van der Waals surface area contributed by atoms with Gasteiger partial charge >= 0.3 is 0 Å². The molecule has 1 saturated heterocycles. The summed E-state index contributed by atoms with van der Waals surface area (Å²) in [6.07, 6.45) is -2.94. The summed E-state index contributed by atoms with van der Waals surface area (Å²) in [6.45, 7) is 5.49. The van der Waals surface area contributed by atoms with Crippen molar-refractivity contribution in [1.29, 1.82) is 0 Å². The van der Waals surface area contributed by atoms with Gasteiger partial charge in [-0.25, -0.2) is 0 Å². The predicted molar refractivity (Wildman–Crippen MR) is 82.5 cm³/mol. The molecule has 1 fully saturated rings. The molecule has 1 aromatic heterocycles. The number of ether oxygens (including phenoxy) is 2. The molecule has 2 aromatic rings. The second kappa shape index (κ2) is 6.05. The molecule has 6 nitrogen and oxygen atoms in total. The molecule has 0 radical (unpaired) electrons. The van der Waals surface area contributed by atoms with E-state index in [0.29, 0.717) is 17.0 Å². The lowest BCUT2D eigenvalue weighted by Gasteiger charge is -2.24. The van der Waals surface area contributed by atoms with Crippen LogP contribution in [0, 0.1) is 6.92 Å². The van der Waals surface area contributed by atoms with Gasteiger partial charge in [0.2, 0.25) is 0 Å². The highest BCUT2D eigenvalue weighted by Gasteiger charge is 2.41. The smallest absolute Gasteiger partial charge is 0.173 e. The minimum Gasteiger partial charge on any atom is -0.387 e. The largest absolute Gasteiger partial charge is 0.387 e. The monoisotopic (exact) mass is 319 g/mol. The van der Waals surface area contributed by atoms with E-state index >= 15 is 0 Å². The molecule has 0 bridgehead atoms. The van der Waals surface area contributed by atoms with E-state index in [9.17, 15) is 10.2 Å². The highest BCUT2D eigenvalue weighted by Crippen LogP contribution is 2.35. The third-order valence-corrected chi connectivity index (χ3v) is 3.97. The van der Waals surface area contributed by atoms with Gasteiger partial charge in [-0.05, 0) is 20.8 Å². The molecule has 0 amide bonds. The van der Waals surface area contributed by atoms with Crippen molar-refractivity contribution in [2.45, 2.75) is 44.9 Å². The highest BCUT2D eigenvalue weighted by atomic mass is 16.7. The van der Waals surface area contributed by atoms with Gasteiger partial charge < -0.3 is 24.2 Å². The first-order valence-corrected chi connectivity index (χ1v) is 7.58. The van der Waals surface area contributed by atoms with Gasteiger partial charge in [0, 0.05) is 5.56 Å². The van der Waals surface area contributed by atoms with Crippen molar-refractivity contribution < 1.29 is 24.2 Å². The standard InChI is InChI=1S/C17H21NO5/c1-10-13(16(23-18-10)11-7-5-4-6-8-11)15(20)14(19)12-9-21-17(2,3)22-12/h4-8,12,14-15,19-20H,9H2,1-3H3/t12-,14+,15-/m1/s1. The lowest BCUT2D eigenvalue weighted by atomic mass is 9.96. The maximum Gasteiger partial charge on any atom is 0.173 e. The number of aryl methyl sites for hydroxylation is 1. The first-order valence-electron chi connectivity index (χ1n) is 7.58. The van der Waals surface area contributed by atoms with Crippen molar-refractivity contribution in [2.75, 3.05) is 6.61 Å². The SMILES string of the molecule is Cc1noc(-c2ccccc2)c1[C@@H](O)[C@@H](O)[C@H]1COC(C)(C)O1. The van der Waals surface area contributed by atoms with Crippen LogP contribution in [0.3, 0.4) is 0 Å². The summed E-state index contributed by atoms with van der Waals surface area (Å²) in [5, 5.41) is 25.1. The van der Waals surface area contributed by atoms with E-state index in [2.05, 4.69) is 5.16 Å². The van der Waals surface area contributed by atoms with Crippen LogP contribution in [-0.4, -0.2) is 40.0 Å². The Balaban J connectivity index is 1.88. The molecule has 2 N–H and O–H groups in total. The Hall–Kier alpha value is -1.73. The summed E-state index contributed by atoms with van der Waals surface area (Å²) in [7, 11) is 0. The minimum absolute atomic E-state index is 0.218. The van der Waals surface area contributed by atoms with Crippen LogP contribution in [0.2, 0.25) is 0 Å². The zero-order chi connectivity index (χ0) is 16.6. The molecule has 3 atom stereocenters. The molecule has 2 heterocycles. The van der Waals surface area contributed by atoms with Gasteiger partial charge in [0.15, 0.2) is 11.5 Å². The van der Waals surface area contributed by atoms with Gasteiger partial charge in [-0.2, -0.15) is 0 Å². The normalized spacial score (nSPS) is 22.9. The van der Waals surface area contributed by atoms with E-state index in [4.69, 9.17) is 14.0 Å².